The molecule has 5 heteroatoms. The van der Waals surface area contributed by atoms with E-state index in [4.69, 9.17) is 0 Å². The molecular weight excluding hydrogens is 293 g/mol. The molecule has 2 nitrogen and oxygen atoms in total. The molecule has 114 valence electrons. The van der Waals surface area contributed by atoms with Crippen LogP contribution in [0.3, 0.4) is 0 Å². The molecule has 2 rings (SSSR count). The summed E-state index contributed by atoms with van der Waals surface area (Å²) in [7, 11) is 0. The van der Waals surface area contributed by atoms with E-state index in [9.17, 15) is 18.3 Å². The summed E-state index contributed by atoms with van der Waals surface area (Å²) >= 11 is 0. The summed E-state index contributed by atoms with van der Waals surface area (Å²) in [5, 5.41) is 9.23. The Hall–Kier alpha value is -2.69. The largest absolute Gasteiger partial charge is 0.508 e. The van der Waals surface area contributed by atoms with Crippen molar-refractivity contribution in [3.8, 4) is 11.5 Å². The van der Waals surface area contributed by atoms with Crippen molar-refractivity contribution < 1.29 is 23.0 Å². The van der Waals surface area contributed by atoms with Crippen LogP contribution in [0.25, 0.3) is 11.6 Å². The van der Waals surface area contributed by atoms with Crippen molar-refractivity contribution in [1.29, 1.82) is 0 Å². The predicted octanol–water partition coefficient (Wildman–Crippen LogP) is 5.37. The number of hydrogen-bond acceptors (Lipinski definition) is 2. The molecule has 2 aromatic rings. The van der Waals surface area contributed by atoms with Gasteiger partial charge < -0.3 is 9.84 Å². The Morgan fingerprint density at radius 3 is 2.09 bits per heavy atom. The molecule has 0 saturated carbocycles. The lowest BCUT2D eigenvalue weighted by Crippen LogP contribution is -1.91. The third-order valence-electron chi connectivity index (χ3n) is 2.94. The minimum Gasteiger partial charge on any atom is -0.508 e. The van der Waals surface area contributed by atoms with Crippen LogP contribution in [-0.4, -0.2) is 5.11 Å². The fourth-order valence-electron chi connectivity index (χ4n) is 1.83. The van der Waals surface area contributed by atoms with Crippen LogP contribution < -0.4 is 4.74 Å². The van der Waals surface area contributed by atoms with Gasteiger partial charge in [-0.3, -0.25) is 0 Å². The van der Waals surface area contributed by atoms with Crippen molar-refractivity contribution in [2.45, 2.75) is 6.92 Å². The third kappa shape index (κ3) is 4.15. The SMILES string of the molecule is CC(=Cc1ccc(O)cc1)c1ccc(OC(F)=C(F)F)cc1. The molecule has 0 amide bonds. The Morgan fingerprint density at radius 2 is 1.55 bits per heavy atom. The fourth-order valence-corrected chi connectivity index (χ4v) is 1.83. The number of phenolic OH excluding ortho intramolecular Hbond substituents is 1. The summed E-state index contributed by atoms with van der Waals surface area (Å²) in [5.41, 5.74) is 2.67. The van der Waals surface area contributed by atoms with E-state index in [0.29, 0.717) is 0 Å². The molecule has 0 aromatic heterocycles. The quantitative estimate of drug-likeness (QED) is 0.608. The van der Waals surface area contributed by atoms with Crippen LogP contribution in [0.1, 0.15) is 18.1 Å². The predicted molar refractivity (Wildman–Crippen MR) is 79.1 cm³/mol. The third-order valence-corrected chi connectivity index (χ3v) is 2.94. The average molecular weight is 306 g/mol. The number of ether oxygens (including phenoxy) is 1. The van der Waals surface area contributed by atoms with Crippen LogP contribution >= 0.6 is 0 Å². The van der Waals surface area contributed by atoms with E-state index in [1.54, 1.807) is 36.4 Å². The van der Waals surface area contributed by atoms with Crippen LogP contribution in [0.2, 0.25) is 0 Å². The molecule has 0 bridgehead atoms. The highest BCUT2D eigenvalue weighted by atomic mass is 19.3. The first-order valence-electron chi connectivity index (χ1n) is 6.42. The second-order valence-corrected chi connectivity index (χ2v) is 4.58. The minimum absolute atomic E-state index is 0.00789. The molecule has 0 aliphatic rings. The summed E-state index contributed by atoms with van der Waals surface area (Å²) in [6.07, 6.45) is -0.593. The maximum atomic E-state index is 12.7. The zero-order chi connectivity index (χ0) is 16.1. The Bertz CT molecular complexity index is 698. The normalized spacial score (nSPS) is 11.2. The molecule has 0 radical (unpaired) electrons. The first kappa shape index (κ1) is 15.7. The van der Waals surface area contributed by atoms with Gasteiger partial charge in [0.1, 0.15) is 11.5 Å². The van der Waals surface area contributed by atoms with Crippen LogP contribution in [0.5, 0.6) is 11.5 Å². The average Bonchev–Trinajstić information content (AvgIpc) is 2.50. The standard InChI is InChI=1S/C17H13F3O2/c1-11(10-12-2-6-14(21)7-3-12)13-4-8-15(9-5-13)22-17(20)16(18)19/h2-10,21H,1H3. The highest BCUT2D eigenvalue weighted by molar-refractivity contribution is 5.80. The molecule has 1 N–H and O–H groups in total. The fraction of sp³-hybridized carbons (Fsp3) is 0.0588. The van der Waals surface area contributed by atoms with Crippen molar-refractivity contribution >= 4 is 11.6 Å². The van der Waals surface area contributed by atoms with Gasteiger partial charge in [-0.1, -0.05) is 30.3 Å². The second kappa shape index (κ2) is 6.85. The van der Waals surface area contributed by atoms with Crippen LogP contribution in [0.4, 0.5) is 13.2 Å². The first-order valence-corrected chi connectivity index (χ1v) is 6.42. The van der Waals surface area contributed by atoms with Gasteiger partial charge in [0.2, 0.25) is 0 Å². The van der Waals surface area contributed by atoms with Crippen molar-refractivity contribution in [3.63, 3.8) is 0 Å². The molecule has 0 heterocycles. The molecule has 0 aliphatic carbocycles. The maximum Gasteiger partial charge on any atom is 0.344 e. The number of hydrogen-bond donors (Lipinski definition) is 1. The van der Waals surface area contributed by atoms with Gasteiger partial charge in [-0.05, 0) is 47.9 Å². The van der Waals surface area contributed by atoms with Crippen LogP contribution in [0.15, 0.2) is 60.6 Å². The van der Waals surface area contributed by atoms with Gasteiger partial charge in [-0.25, -0.2) is 0 Å². The number of rotatable bonds is 4. The van der Waals surface area contributed by atoms with E-state index in [2.05, 4.69) is 4.74 Å². The van der Waals surface area contributed by atoms with Crippen molar-refractivity contribution in [1.82, 2.24) is 0 Å². The van der Waals surface area contributed by atoms with Gasteiger partial charge in [-0.15, -0.1) is 0 Å². The Kier molecular flexibility index (Phi) is 4.88. The highest BCUT2D eigenvalue weighted by Crippen LogP contribution is 2.23. The van der Waals surface area contributed by atoms with Crippen molar-refractivity contribution in [2.75, 3.05) is 0 Å². The Balaban J connectivity index is 2.16. The zero-order valence-corrected chi connectivity index (χ0v) is 11.7. The molecular formula is C17H13F3O2. The zero-order valence-electron chi connectivity index (χ0n) is 11.7. The lowest BCUT2D eigenvalue weighted by Gasteiger charge is -2.05. The van der Waals surface area contributed by atoms with Gasteiger partial charge in [0, 0.05) is 0 Å². The minimum atomic E-state index is -2.49. The monoisotopic (exact) mass is 306 g/mol. The molecule has 0 unspecified atom stereocenters. The van der Waals surface area contributed by atoms with E-state index in [1.807, 2.05) is 13.0 Å². The van der Waals surface area contributed by atoms with E-state index < -0.39 is 12.1 Å². The molecule has 0 spiro atoms. The Labute approximate surface area is 125 Å². The maximum absolute atomic E-state index is 12.7. The summed E-state index contributed by atoms with van der Waals surface area (Å²) < 4.78 is 40.9. The van der Waals surface area contributed by atoms with Gasteiger partial charge in [0.15, 0.2) is 0 Å². The van der Waals surface area contributed by atoms with Crippen molar-refractivity contribution in [2.24, 2.45) is 0 Å². The second-order valence-electron chi connectivity index (χ2n) is 4.58. The lowest BCUT2D eigenvalue weighted by atomic mass is 10.0. The van der Waals surface area contributed by atoms with E-state index in [1.165, 1.54) is 12.1 Å². The molecule has 22 heavy (non-hydrogen) atoms. The highest BCUT2D eigenvalue weighted by Gasteiger charge is 2.07. The topological polar surface area (TPSA) is 29.5 Å². The van der Waals surface area contributed by atoms with E-state index >= 15 is 0 Å². The summed E-state index contributed by atoms with van der Waals surface area (Å²) in [6, 6.07) is 10.9. The van der Waals surface area contributed by atoms with Gasteiger partial charge in [0.05, 0.1) is 0 Å². The number of allylic oxidation sites excluding steroid dienone is 1. The van der Waals surface area contributed by atoms with E-state index in [0.717, 1.165) is 16.7 Å². The smallest absolute Gasteiger partial charge is 0.344 e. The molecule has 0 saturated heterocycles. The lowest BCUT2D eigenvalue weighted by molar-refractivity contribution is 0.241. The van der Waals surface area contributed by atoms with Crippen LogP contribution in [-0.2, 0) is 0 Å². The number of benzene rings is 2. The molecule has 2 aromatic carbocycles. The van der Waals surface area contributed by atoms with Crippen molar-refractivity contribution in [3.05, 3.63) is 71.8 Å². The number of halogens is 3. The first-order chi connectivity index (χ1) is 10.5. The van der Waals surface area contributed by atoms with E-state index in [-0.39, 0.29) is 11.5 Å². The molecule has 0 fully saturated rings. The molecule has 0 aliphatic heterocycles. The van der Waals surface area contributed by atoms with Gasteiger partial charge in [-0.2, -0.15) is 13.2 Å². The molecule has 0 atom stereocenters. The summed E-state index contributed by atoms with van der Waals surface area (Å²) in [6.45, 7) is 1.88. The van der Waals surface area contributed by atoms with Gasteiger partial charge in [0.25, 0.3) is 0 Å². The number of aromatic hydroxyl groups is 1. The Morgan fingerprint density at radius 1 is 0.955 bits per heavy atom. The van der Waals surface area contributed by atoms with Gasteiger partial charge >= 0.3 is 12.1 Å². The van der Waals surface area contributed by atoms with Crippen LogP contribution in [0, 0.1) is 0 Å². The summed E-state index contributed by atoms with van der Waals surface area (Å²) in [5.74, 6) is 0.179. The number of phenols is 1. The summed E-state index contributed by atoms with van der Waals surface area (Å²) in [4.78, 5) is 0.